The van der Waals surface area contributed by atoms with Gasteiger partial charge in [-0.2, -0.15) is 13.2 Å². The molecule has 0 saturated heterocycles. The van der Waals surface area contributed by atoms with Gasteiger partial charge in [0.2, 0.25) is 0 Å². The summed E-state index contributed by atoms with van der Waals surface area (Å²) in [6, 6.07) is 5.63. The third-order valence-corrected chi connectivity index (χ3v) is 4.98. The maximum atomic E-state index is 12.6. The molecule has 1 aliphatic carbocycles. The fourth-order valence-corrected chi connectivity index (χ4v) is 2.97. The first-order valence-electron chi connectivity index (χ1n) is 6.58. The van der Waals surface area contributed by atoms with Crippen molar-refractivity contribution in [3.8, 4) is 0 Å². The fourth-order valence-electron chi connectivity index (χ4n) is 2.04. The Balaban J connectivity index is 2.10. The number of nitrogens with one attached hydrogen (secondary N) is 1. The van der Waals surface area contributed by atoms with Crippen LogP contribution in [0.15, 0.2) is 29.2 Å². The number of para-hydroxylation sites is 1. The first-order valence-corrected chi connectivity index (χ1v) is 8.06. The van der Waals surface area contributed by atoms with Crippen LogP contribution in [0, 0.1) is 0 Å². The van der Waals surface area contributed by atoms with E-state index in [9.17, 15) is 21.6 Å². The first-order chi connectivity index (χ1) is 9.73. The number of anilines is 1. The highest BCUT2D eigenvalue weighted by Crippen LogP contribution is 2.34. The molecular formula is C13H17F3N2O2S. The van der Waals surface area contributed by atoms with Crippen molar-refractivity contribution < 1.29 is 21.6 Å². The van der Waals surface area contributed by atoms with Crippen LogP contribution >= 0.6 is 0 Å². The highest BCUT2D eigenvalue weighted by molar-refractivity contribution is 7.92. The standard InChI is InChI=1S/C13H17F3N2O2S/c1-18(10-6-7-10)9-8-17-11-4-2-3-5-12(11)21(19,20)13(14,15)16/h2-5,10,17H,6-9H2,1H3. The van der Waals surface area contributed by atoms with E-state index in [4.69, 9.17) is 0 Å². The van der Waals surface area contributed by atoms with E-state index < -0.39 is 20.2 Å². The summed E-state index contributed by atoms with van der Waals surface area (Å²) in [5.74, 6) is 0. The van der Waals surface area contributed by atoms with Crippen LogP contribution in [-0.2, 0) is 9.84 Å². The van der Waals surface area contributed by atoms with Crippen LogP contribution in [-0.4, -0.2) is 45.0 Å². The van der Waals surface area contributed by atoms with E-state index in [-0.39, 0.29) is 5.69 Å². The molecule has 0 aromatic heterocycles. The van der Waals surface area contributed by atoms with Crippen LogP contribution in [0.2, 0.25) is 0 Å². The van der Waals surface area contributed by atoms with Crippen LogP contribution in [0.3, 0.4) is 0 Å². The fraction of sp³-hybridized carbons (Fsp3) is 0.538. The number of sulfone groups is 1. The van der Waals surface area contributed by atoms with Crippen molar-refractivity contribution in [3.05, 3.63) is 24.3 Å². The maximum Gasteiger partial charge on any atom is 0.501 e. The highest BCUT2D eigenvalue weighted by Gasteiger charge is 2.47. The van der Waals surface area contributed by atoms with Crippen LogP contribution in [0.25, 0.3) is 0 Å². The van der Waals surface area contributed by atoms with Crippen molar-refractivity contribution in [2.75, 3.05) is 25.5 Å². The zero-order valence-corrected chi connectivity index (χ0v) is 12.3. The summed E-state index contributed by atoms with van der Waals surface area (Å²) in [5, 5.41) is 2.78. The monoisotopic (exact) mass is 322 g/mol. The number of likely N-dealkylation sites (N-methyl/N-ethyl adjacent to an activating group) is 1. The lowest BCUT2D eigenvalue weighted by Gasteiger charge is -2.18. The Labute approximate surface area is 121 Å². The van der Waals surface area contributed by atoms with Gasteiger partial charge in [0.25, 0.3) is 9.84 Å². The molecule has 0 radical (unpaired) electrons. The summed E-state index contributed by atoms with van der Waals surface area (Å²) < 4.78 is 60.9. The number of halogens is 3. The Morgan fingerprint density at radius 3 is 2.48 bits per heavy atom. The quantitative estimate of drug-likeness (QED) is 0.874. The Kier molecular flexibility index (Phi) is 4.48. The molecule has 1 aromatic carbocycles. The number of benzene rings is 1. The molecule has 1 aliphatic rings. The molecule has 0 atom stereocenters. The van der Waals surface area contributed by atoms with Gasteiger partial charge in [-0.3, -0.25) is 0 Å². The third kappa shape index (κ3) is 3.68. The van der Waals surface area contributed by atoms with Gasteiger partial charge >= 0.3 is 5.51 Å². The SMILES string of the molecule is CN(CCNc1ccccc1S(=O)(=O)C(F)(F)F)C1CC1. The molecule has 0 amide bonds. The number of alkyl halides is 3. The van der Waals surface area contributed by atoms with E-state index in [1.807, 2.05) is 7.05 Å². The molecule has 0 heterocycles. The van der Waals surface area contributed by atoms with Crippen LogP contribution in [0.5, 0.6) is 0 Å². The minimum atomic E-state index is -5.34. The van der Waals surface area contributed by atoms with E-state index in [2.05, 4.69) is 10.2 Å². The Bertz CT molecular complexity index is 598. The van der Waals surface area contributed by atoms with Crippen molar-refractivity contribution in [1.82, 2.24) is 4.90 Å². The Morgan fingerprint density at radius 1 is 1.29 bits per heavy atom. The average Bonchev–Trinajstić information content (AvgIpc) is 3.22. The third-order valence-electron chi connectivity index (χ3n) is 3.43. The molecular weight excluding hydrogens is 305 g/mol. The molecule has 2 rings (SSSR count). The van der Waals surface area contributed by atoms with Gasteiger partial charge in [0.15, 0.2) is 0 Å². The van der Waals surface area contributed by atoms with Gasteiger partial charge < -0.3 is 10.2 Å². The predicted octanol–water partition coefficient (Wildman–Crippen LogP) is 2.49. The second kappa shape index (κ2) is 5.84. The van der Waals surface area contributed by atoms with Gasteiger partial charge in [-0.05, 0) is 32.0 Å². The predicted molar refractivity (Wildman–Crippen MR) is 73.8 cm³/mol. The summed E-state index contributed by atoms with van der Waals surface area (Å²) in [6.07, 6.45) is 2.27. The molecule has 0 spiro atoms. The minimum absolute atomic E-state index is 0.0148. The summed E-state index contributed by atoms with van der Waals surface area (Å²) in [6.45, 7) is 1.03. The van der Waals surface area contributed by atoms with Crippen LogP contribution in [0.4, 0.5) is 18.9 Å². The average molecular weight is 322 g/mol. The van der Waals surface area contributed by atoms with Crippen molar-refractivity contribution in [1.29, 1.82) is 0 Å². The molecule has 1 fully saturated rings. The number of hydrogen-bond donors (Lipinski definition) is 1. The Morgan fingerprint density at radius 2 is 1.90 bits per heavy atom. The van der Waals surface area contributed by atoms with Gasteiger partial charge in [0, 0.05) is 19.1 Å². The molecule has 4 nitrogen and oxygen atoms in total. The molecule has 1 aromatic rings. The number of rotatable bonds is 6. The second-order valence-electron chi connectivity index (χ2n) is 5.08. The van der Waals surface area contributed by atoms with Gasteiger partial charge in [-0.15, -0.1) is 0 Å². The minimum Gasteiger partial charge on any atom is -0.383 e. The highest BCUT2D eigenvalue weighted by atomic mass is 32.2. The van der Waals surface area contributed by atoms with Crippen molar-refractivity contribution in [2.24, 2.45) is 0 Å². The van der Waals surface area contributed by atoms with Crippen molar-refractivity contribution in [3.63, 3.8) is 0 Å². The largest absolute Gasteiger partial charge is 0.501 e. The first kappa shape index (κ1) is 16.1. The smallest absolute Gasteiger partial charge is 0.383 e. The lowest BCUT2D eigenvalue weighted by molar-refractivity contribution is -0.0435. The number of nitrogens with zero attached hydrogens (tertiary/aromatic N) is 1. The zero-order valence-electron chi connectivity index (χ0n) is 11.5. The lowest BCUT2D eigenvalue weighted by atomic mass is 10.3. The van der Waals surface area contributed by atoms with Gasteiger partial charge in [0.1, 0.15) is 0 Å². The zero-order chi connectivity index (χ0) is 15.7. The molecule has 21 heavy (non-hydrogen) atoms. The van der Waals surface area contributed by atoms with Crippen molar-refractivity contribution in [2.45, 2.75) is 29.3 Å². The topological polar surface area (TPSA) is 49.4 Å². The number of hydrogen-bond acceptors (Lipinski definition) is 4. The Hall–Kier alpha value is -1.28. The van der Waals surface area contributed by atoms with E-state index in [1.54, 1.807) is 0 Å². The molecule has 1 saturated carbocycles. The molecule has 0 aliphatic heterocycles. The molecule has 1 N–H and O–H groups in total. The summed E-state index contributed by atoms with van der Waals surface area (Å²) in [5.41, 5.74) is -5.31. The second-order valence-corrected chi connectivity index (χ2v) is 6.99. The van der Waals surface area contributed by atoms with Crippen LogP contribution in [0.1, 0.15) is 12.8 Å². The van der Waals surface area contributed by atoms with E-state index >= 15 is 0 Å². The molecule has 118 valence electrons. The maximum absolute atomic E-state index is 12.6. The van der Waals surface area contributed by atoms with Crippen molar-refractivity contribution >= 4 is 15.5 Å². The van der Waals surface area contributed by atoms with Gasteiger partial charge in [-0.25, -0.2) is 8.42 Å². The summed E-state index contributed by atoms with van der Waals surface area (Å²) in [7, 11) is -3.40. The molecule has 8 heteroatoms. The summed E-state index contributed by atoms with van der Waals surface area (Å²) in [4.78, 5) is 1.38. The normalized spacial score (nSPS) is 16.2. The van der Waals surface area contributed by atoms with E-state index in [1.165, 1.54) is 18.2 Å². The molecule has 0 unspecified atom stereocenters. The van der Waals surface area contributed by atoms with Crippen LogP contribution < -0.4 is 5.32 Å². The summed E-state index contributed by atoms with van der Waals surface area (Å²) >= 11 is 0. The van der Waals surface area contributed by atoms with E-state index in [0.717, 1.165) is 18.9 Å². The van der Waals surface area contributed by atoms with Gasteiger partial charge in [0.05, 0.1) is 10.6 Å². The molecule has 0 bridgehead atoms. The van der Waals surface area contributed by atoms with E-state index in [0.29, 0.717) is 19.1 Å². The van der Waals surface area contributed by atoms with Gasteiger partial charge in [-0.1, -0.05) is 12.1 Å². The lowest BCUT2D eigenvalue weighted by Crippen LogP contribution is -2.28.